The number of thiocarbonyl (C=S) groups is 1. The summed E-state index contributed by atoms with van der Waals surface area (Å²) >= 11 is 4.83. The van der Waals surface area contributed by atoms with E-state index in [2.05, 4.69) is 4.72 Å². The zero-order valence-corrected chi connectivity index (χ0v) is 11.1. The highest BCUT2D eigenvalue weighted by Crippen LogP contribution is 2.11. The molecule has 0 fully saturated rings. The molecule has 0 aliphatic carbocycles. The van der Waals surface area contributed by atoms with Crippen LogP contribution in [-0.2, 0) is 20.6 Å². The van der Waals surface area contributed by atoms with E-state index in [9.17, 15) is 13.2 Å². The Labute approximate surface area is 110 Å². The molecule has 0 aliphatic heterocycles. The lowest BCUT2D eigenvalue weighted by Crippen LogP contribution is -2.34. The molecule has 98 valence electrons. The number of primary amides is 1. The zero-order chi connectivity index (χ0) is 13.8. The Hall–Kier alpha value is -1.51. The number of carbonyl (C=O) groups excluding carboxylic acids is 1. The molecule has 0 aromatic heterocycles. The van der Waals surface area contributed by atoms with E-state index in [4.69, 9.17) is 23.7 Å². The van der Waals surface area contributed by atoms with Gasteiger partial charge in [0, 0.05) is 5.56 Å². The van der Waals surface area contributed by atoms with Gasteiger partial charge >= 0.3 is 0 Å². The maximum Gasteiger partial charge on any atom is 0.232 e. The number of amides is 1. The third-order valence-corrected chi connectivity index (χ3v) is 3.59. The van der Waals surface area contributed by atoms with Gasteiger partial charge in [0.15, 0.2) is 0 Å². The lowest BCUT2D eigenvalue weighted by Gasteiger charge is -2.09. The highest BCUT2D eigenvalue weighted by Gasteiger charge is 2.15. The lowest BCUT2D eigenvalue weighted by atomic mass is 10.1. The van der Waals surface area contributed by atoms with Crippen LogP contribution in [0.15, 0.2) is 24.3 Å². The van der Waals surface area contributed by atoms with E-state index in [-0.39, 0.29) is 10.7 Å². The van der Waals surface area contributed by atoms with Crippen LogP contribution in [0.2, 0.25) is 0 Å². The van der Waals surface area contributed by atoms with Gasteiger partial charge in [-0.15, -0.1) is 0 Å². The van der Waals surface area contributed by atoms with E-state index in [1.54, 1.807) is 24.3 Å². The number of sulfonamides is 1. The third-order valence-electron chi connectivity index (χ3n) is 2.09. The van der Waals surface area contributed by atoms with Gasteiger partial charge in [-0.2, -0.15) is 0 Å². The fourth-order valence-electron chi connectivity index (χ4n) is 1.32. The Morgan fingerprint density at radius 2 is 1.89 bits per heavy atom. The number of nitrogens with two attached hydrogens (primary N) is 2. The molecule has 0 unspecified atom stereocenters. The fourth-order valence-corrected chi connectivity index (χ4v) is 2.65. The molecule has 5 N–H and O–H groups in total. The van der Waals surface area contributed by atoms with Crippen molar-refractivity contribution in [1.82, 2.24) is 4.72 Å². The number of hydrogen-bond donors (Lipinski definition) is 3. The first-order chi connectivity index (χ1) is 8.32. The fraction of sp³-hybridized carbons (Fsp3) is 0.200. The summed E-state index contributed by atoms with van der Waals surface area (Å²) in [6.07, 6.45) is 0. The van der Waals surface area contributed by atoms with Crippen molar-refractivity contribution in [3.05, 3.63) is 35.4 Å². The number of rotatable bonds is 6. The second kappa shape index (κ2) is 5.89. The van der Waals surface area contributed by atoms with Crippen molar-refractivity contribution >= 4 is 33.1 Å². The molecule has 0 radical (unpaired) electrons. The van der Waals surface area contributed by atoms with Gasteiger partial charge in [0.25, 0.3) is 0 Å². The van der Waals surface area contributed by atoms with Crippen molar-refractivity contribution in [2.75, 3.05) is 6.54 Å². The first-order valence-electron chi connectivity index (χ1n) is 4.95. The summed E-state index contributed by atoms with van der Waals surface area (Å²) in [5.41, 5.74) is 11.3. The molecule has 1 aromatic carbocycles. The van der Waals surface area contributed by atoms with Gasteiger partial charge in [-0.25, -0.2) is 13.1 Å². The van der Waals surface area contributed by atoms with Crippen LogP contribution in [-0.4, -0.2) is 25.9 Å². The molecular formula is C10H13N3O3S2. The Kier molecular flexibility index (Phi) is 4.76. The molecular weight excluding hydrogens is 274 g/mol. The standard InChI is InChI=1S/C10H13N3O3S2/c11-9(14)5-13-18(15,16)6-7-3-1-2-4-8(7)10(12)17/h1-4,13H,5-6H2,(H2,11,14)(H2,12,17). The summed E-state index contributed by atoms with van der Waals surface area (Å²) in [5, 5.41) is 0. The molecule has 18 heavy (non-hydrogen) atoms. The highest BCUT2D eigenvalue weighted by molar-refractivity contribution is 7.88. The Bertz CT molecular complexity index is 569. The second-order valence-electron chi connectivity index (χ2n) is 3.57. The number of nitrogens with one attached hydrogen (secondary N) is 1. The van der Waals surface area contributed by atoms with E-state index >= 15 is 0 Å². The summed E-state index contributed by atoms with van der Waals surface area (Å²) < 4.78 is 25.4. The number of hydrogen-bond acceptors (Lipinski definition) is 4. The summed E-state index contributed by atoms with van der Waals surface area (Å²) in [6.45, 7) is -0.433. The molecule has 0 heterocycles. The van der Waals surface area contributed by atoms with Crippen molar-refractivity contribution in [3.8, 4) is 0 Å². The predicted molar refractivity (Wildman–Crippen MR) is 72.2 cm³/mol. The molecule has 1 amide bonds. The predicted octanol–water partition coefficient (Wildman–Crippen LogP) is -0.774. The molecule has 0 spiro atoms. The minimum atomic E-state index is -3.65. The number of carbonyl (C=O) groups is 1. The first-order valence-corrected chi connectivity index (χ1v) is 7.01. The SMILES string of the molecule is NC(=O)CNS(=O)(=O)Cc1ccccc1C(N)=S. The maximum atomic E-state index is 11.7. The zero-order valence-electron chi connectivity index (χ0n) is 9.42. The molecule has 0 saturated carbocycles. The van der Waals surface area contributed by atoms with E-state index < -0.39 is 22.5 Å². The van der Waals surface area contributed by atoms with Gasteiger partial charge in [0.2, 0.25) is 15.9 Å². The highest BCUT2D eigenvalue weighted by atomic mass is 32.2. The summed E-state index contributed by atoms with van der Waals surface area (Å²) in [7, 11) is -3.65. The summed E-state index contributed by atoms with van der Waals surface area (Å²) in [5.74, 6) is -1.06. The van der Waals surface area contributed by atoms with Crippen LogP contribution in [0.25, 0.3) is 0 Å². The topological polar surface area (TPSA) is 115 Å². The summed E-state index contributed by atoms with van der Waals surface area (Å²) in [4.78, 5) is 10.6. The Morgan fingerprint density at radius 3 is 2.44 bits per heavy atom. The largest absolute Gasteiger partial charge is 0.389 e. The van der Waals surface area contributed by atoms with Gasteiger partial charge < -0.3 is 11.5 Å². The molecule has 0 atom stereocenters. The molecule has 0 aliphatic rings. The van der Waals surface area contributed by atoms with Crippen LogP contribution in [0.5, 0.6) is 0 Å². The minimum Gasteiger partial charge on any atom is -0.389 e. The van der Waals surface area contributed by atoms with Gasteiger partial charge in [0.1, 0.15) is 4.99 Å². The van der Waals surface area contributed by atoms with Crippen LogP contribution in [0.1, 0.15) is 11.1 Å². The third kappa shape index (κ3) is 4.40. The van der Waals surface area contributed by atoms with E-state index in [0.717, 1.165) is 0 Å². The van der Waals surface area contributed by atoms with Gasteiger partial charge in [-0.05, 0) is 5.56 Å². The van der Waals surface area contributed by atoms with Crippen molar-refractivity contribution < 1.29 is 13.2 Å². The molecule has 1 aromatic rings. The molecule has 0 bridgehead atoms. The van der Waals surface area contributed by atoms with Crippen molar-refractivity contribution in [3.63, 3.8) is 0 Å². The average molecular weight is 287 g/mol. The van der Waals surface area contributed by atoms with Crippen LogP contribution < -0.4 is 16.2 Å². The molecule has 8 heteroatoms. The van der Waals surface area contributed by atoms with Crippen LogP contribution in [0.4, 0.5) is 0 Å². The molecule has 6 nitrogen and oxygen atoms in total. The van der Waals surface area contributed by atoms with Crippen LogP contribution >= 0.6 is 12.2 Å². The minimum absolute atomic E-state index is 0.121. The van der Waals surface area contributed by atoms with Crippen molar-refractivity contribution in [2.24, 2.45) is 11.5 Å². The number of benzene rings is 1. The van der Waals surface area contributed by atoms with E-state index in [1.807, 2.05) is 0 Å². The van der Waals surface area contributed by atoms with Crippen LogP contribution in [0, 0.1) is 0 Å². The average Bonchev–Trinajstić information content (AvgIpc) is 2.26. The quantitative estimate of drug-likeness (QED) is 0.594. The monoisotopic (exact) mass is 287 g/mol. The molecule has 1 rings (SSSR count). The normalized spacial score (nSPS) is 11.1. The smallest absolute Gasteiger partial charge is 0.232 e. The lowest BCUT2D eigenvalue weighted by molar-refractivity contribution is -0.116. The Morgan fingerprint density at radius 1 is 1.28 bits per heavy atom. The first kappa shape index (κ1) is 14.6. The van der Waals surface area contributed by atoms with E-state index in [0.29, 0.717) is 11.1 Å². The van der Waals surface area contributed by atoms with Crippen molar-refractivity contribution in [1.29, 1.82) is 0 Å². The van der Waals surface area contributed by atoms with Crippen molar-refractivity contribution in [2.45, 2.75) is 5.75 Å². The maximum absolute atomic E-state index is 11.7. The Balaban J connectivity index is 2.90. The van der Waals surface area contributed by atoms with Gasteiger partial charge in [-0.3, -0.25) is 4.79 Å². The van der Waals surface area contributed by atoms with E-state index in [1.165, 1.54) is 0 Å². The molecule has 0 saturated heterocycles. The summed E-state index contributed by atoms with van der Waals surface area (Å²) in [6, 6.07) is 6.64. The van der Waals surface area contributed by atoms with Gasteiger partial charge in [-0.1, -0.05) is 36.5 Å². The second-order valence-corrected chi connectivity index (χ2v) is 5.81. The van der Waals surface area contributed by atoms with Gasteiger partial charge in [0.05, 0.1) is 12.3 Å². The van der Waals surface area contributed by atoms with Crippen LogP contribution in [0.3, 0.4) is 0 Å².